The molecule has 0 amide bonds. The number of benzene rings is 2. The molecule has 5 nitrogen and oxygen atoms in total. The molecule has 1 aliphatic rings. The number of nitrogens with zero attached hydrogens (tertiary/aromatic N) is 1. The lowest BCUT2D eigenvalue weighted by molar-refractivity contribution is -0.149. The van der Waals surface area contributed by atoms with Gasteiger partial charge in [-0.15, -0.1) is 0 Å². The van der Waals surface area contributed by atoms with Crippen molar-refractivity contribution in [3.8, 4) is 17.6 Å². The third-order valence-corrected chi connectivity index (χ3v) is 5.39. The predicted octanol–water partition coefficient (Wildman–Crippen LogP) is 5.69. The molecule has 0 saturated heterocycles. The van der Waals surface area contributed by atoms with Crippen LogP contribution in [-0.2, 0) is 22.4 Å². The minimum Gasteiger partial charge on any atom is -0.493 e. The molecule has 1 atom stereocenters. The average molecular weight is 422 g/mol. The van der Waals surface area contributed by atoms with E-state index >= 15 is 0 Å². The third-order valence-electron chi connectivity index (χ3n) is 5.39. The molecule has 0 spiro atoms. The maximum atomic E-state index is 11.8. The average Bonchev–Trinajstić information content (AvgIpc) is 3.16. The fraction of sp³-hybridized carbons (Fsp3) is 0.462. The summed E-state index contributed by atoms with van der Waals surface area (Å²) < 4.78 is 17.4. The van der Waals surface area contributed by atoms with Crippen molar-refractivity contribution < 1.29 is 19.0 Å². The summed E-state index contributed by atoms with van der Waals surface area (Å²) in [5.74, 6) is 1.57. The Labute approximate surface area is 184 Å². The van der Waals surface area contributed by atoms with Gasteiger partial charge in [0.1, 0.15) is 17.6 Å². The van der Waals surface area contributed by atoms with Crippen molar-refractivity contribution in [3.63, 3.8) is 0 Å². The summed E-state index contributed by atoms with van der Waals surface area (Å²) in [4.78, 5) is 11.8. The maximum Gasteiger partial charge on any atom is 0.306 e. The summed E-state index contributed by atoms with van der Waals surface area (Å²) in [5.41, 5.74) is 4.04. The SMILES string of the molecule is CCCC(=O)O[C@H]1CCc2cc(OCCCOc3ccc(C#N)cc3CCC)ccc21. The highest BCUT2D eigenvalue weighted by molar-refractivity contribution is 5.69. The molecule has 2 aromatic carbocycles. The molecule has 0 bridgehead atoms. The van der Waals surface area contributed by atoms with E-state index in [1.165, 1.54) is 5.56 Å². The van der Waals surface area contributed by atoms with Crippen molar-refractivity contribution >= 4 is 5.97 Å². The molecule has 5 heteroatoms. The minimum atomic E-state index is -0.124. The Morgan fingerprint density at radius 2 is 1.94 bits per heavy atom. The lowest BCUT2D eigenvalue weighted by Gasteiger charge is -2.14. The number of hydrogen-bond acceptors (Lipinski definition) is 5. The molecule has 0 heterocycles. The molecule has 0 unspecified atom stereocenters. The first kappa shape index (κ1) is 22.7. The molecule has 0 fully saturated rings. The van der Waals surface area contributed by atoms with Gasteiger partial charge in [-0.25, -0.2) is 0 Å². The van der Waals surface area contributed by atoms with Gasteiger partial charge in [-0.1, -0.05) is 26.3 Å². The summed E-state index contributed by atoms with van der Waals surface area (Å²) in [6, 6.07) is 13.8. The molecule has 1 aliphatic carbocycles. The van der Waals surface area contributed by atoms with E-state index in [-0.39, 0.29) is 12.1 Å². The van der Waals surface area contributed by atoms with E-state index in [2.05, 4.69) is 19.1 Å². The largest absolute Gasteiger partial charge is 0.493 e. The fourth-order valence-electron chi connectivity index (χ4n) is 3.87. The van der Waals surface area contributed by atoms with E-state index in [0.29, 0.717) is 25.2 Å². The highest BCUT2D eigenvalue weighted by atomic mass is 16.5. The number of nitriles is 1. The van der Waals surface area contributed by atoms with Gasteiger partial charge in [0, 0.05) is 12.8 Å². The van der Waals surface area contributed by atoms with Crippen LogP contribution in [0.4, 0.5) is 0 Å². The van der Waals surface area contributed by atoms with E-state index < -0.39 is 0 Å². The number of carbonyl (C=O) groups excluding carboxylic acids is 1. The van der Waals surface area contributed by atoms with Crippen molar-refractivity contribution in [2.45, 2.75) is 64.9 Å². The normalized spacial score (nSPS) is 14.5. The number of esters is 1. The molecule has 31 heavy (non-hydrogen) atoms. The third kappa shape index (κ3) is 6.24. The summed E-state index contributed by atoms with van der Waals surface area (Å²) in [6.07, 6.45) is 5.56. The van der Waals surface area contributed by atoms with Crippen LogP contribution in [0.15, 0.2) is 36.4 Å². The molecule has 2 aromatic rings. The zero-order valence-electron chi connectivity index (χ0n) is 18.5. The van der Waals surface area contributed by atoms with Gasteiger partial charge in [0.05, 0.1) is 24.8 Å². The predicted molar refractivity (Wildman–Crippen MR) is 119 cm³/mol. The first-order valence-corrected chi connectivity index (χ1v) is 11.3. The van der Waals surface area contributed by atoms with E-state index in [9.17, 15) is 4.79 Å². The van der Waals surface area contributed by atoms with Crippen molar-refractivity contribution in [1.82, 2.24) is 0 Å². The van der Waals surface area contributed by atoms with Crippen molar-refractivity contribution in [2.75, 3.05) is 13.2 Å². The number of aryl methyl sites for hydroxylation is 2. The molecule has 164 valence electrons. The molecule has 0 saturated carbocycles. The monoisotopic (exact) mass is 421 g/mol. The summed E-state index contributed by atoms with van der Waals surface area (Å²) >= 11 is 0. The summed E-state index contributed by atoms with van der Waals surface area (Å²) in [6.45, 7) is 5.22. The zero-order chi connectivity index (χ0) is 22.1. The summed E-state index contributed by atoms with van der Waals surface area (Å²) in [7, 11) is 0. The van der Waals surface area contributed by atoms with Crippen LogP contribution >= 0.6 is 0 Å². The van der Waals surface area contributed by atoms with Crippen LogP contribution in [0, 0.1) is 11.3 Å². The molecule has 0 aromatic heterocycles. The zero-order valence-corrected chi connectivity index (χ0v) is 18.5. The standard InChI is InChI=1S/C26H31NO4/c1-3-6-21-16-19(18-27)8-12-24(21)30-15-5-14-29-22-10-11-23-20(17-22)9-13-25(23)31-26(28)7-4-2/h8,10-12,16-17,25H,3-7,9,13-15H2,1-2H3/t25-/m0/s1. The van der Waals surface area contributed by atoms with Gasteiger partial charge in [-0.05, 0) is 72.7 Å². The highest BCUT2D eigenvalue weighted by Crippen LogP contribution is 2.36. The van der Waals surface area contributed by atoms with Gasteiger partial charge < -0.3 is 14.2 Å². The Balaban J connectivity index is 1.46. The smallest absolute Gasteiger partial charge is 0.306 e. The molecular weight excluding hydrogens is 390 g/mol. The van der Waals surface area contributed by atoms with Crippen LogP contribution in [-0.4, -0.2) is 19.2 Å². The van der Waals surface area contributed by atoms with Crippen LogP contribution in [0.3, 0.4) is 0 Å². The number of fused-ring (bicyclic) bond motifs is 1. The van der Waals surface area contributed by atoms with Crippen molar-refractivity contribution in [2.24, 2.45) is 0 Å². The van der Waals surface area contributed by atoms with Gasteiger partial charge >= 0.3 is 5.97 Å². The molecule has 0 N–H and O–H groups in total. The Kier molecular flexibility index (Phi) is 8.35. The summed E-state index contributed by atoms with van der Waals surface area (Å²) in [5, 5.41) is 9.08. The molecular formula is C26H31NO4. The number of hydrogen-bond donors (Lipinski definition) is 0. The van der Waals surface area contributed by atoms with Crippen LogP contribution in [0.25, 0.3) is 0 Å². The van der Waals surface area contributed by atoms with Gasteiger partial charge in [-0.2, -0.15) is 5.26 Å². The Morgan fingerprint density at radius 3 is 2.71 bits per heavy atom. The Bertz CT molecular complexity index is 931. The second kappa shape index (κ2) is 11.4. The topological polar surface area (TPSA) is 68.6 Å². The van der Waals surface area contributed by atoms with Gasteiger partial charge in [0.15, 0.2) is 0 Å². The van der Waals surface area contributed by atoms with E-state index in [4.69, 9.17) is 19.5 Å². The maximum absolute atomic E-state index is 11.8. The van der Waals surface area contributed by atoms with Crippen LogP contribution in [0.5, 0.6) is 11.5 Å². The van der Waals surface area contributed by atoms with Gasteiger partial charge in [0.25, 0.3) is 0 Å². The molecule has 0 radical (unpaired) electrons. The van der Waals surface area contributed by atoms with Crippen molar-refractivity contribution in [1.29, 1.82) is 5.26 Å². The van der Waals surface area contributed by atoms with E-state index in [1.807, 2.05) is 31.2 Å². The van der Waals surface area contributed by atoms with E-state index in [1.54, 1.807) is 6.07 Å². The Morgan fingerprint density at radius 1 is 1.10 bits per heavy atom. The lowest BCUT2D eigenvalue weighted by atomic mass is 10.1. The number of rotatable bonds is 11. The van der Waals surface area contributed by atoms with Crippen LogP contribution in [0.1, 0.15) is 74.3 Å². The second-order valence-corrected chi connectivity index (χ2v) is 7.86. The van der Waals surface area contributed by atoms with Gasteiger partial charge in [0.2, 0.25) is 0 Å². The van der Waals surface area contributed by atoms with E-state index in [0.717, 1.165) is 61.2 Å². The Hall–Kier alpha value is -3.00. The number of carbonyl (C=O) groups is 1. The molecule has 0 aliphatic heterocycles. The van der Waals surface area contributed by atoms with Crippen LogP contribution in [0.2, 0.25) is 0 Å². The fourth-order valence-corrected chi connectivity index (χ4v) is 3.87. The second-order valence-electron chi connectivity index (χ2n) is 7.86. The van der Waals surface area contributed by atoms with Crippen molar-refractivity contribution in [3.05, 3.63) is 58.7 Å². The van der Waals surface area contributed by atoms with Crippen LogP contribution < -0.4 is 9.47 Å². The quantitative estimate of drug-likeness (QED) is 0.344. The lowest BCUT2D eigenvalue weighted by Crippen LogP contribution is -2.08. The highest BCUT2D eigenvalue weighted by Gasteiger charge is 2.25. The number of ether oxygens (including phenoxy) is 3. The minimum absolute atomic E-state index is 0.120. The first-order valence-electron chi connectivity index (χ1n) is 11.3. The molecule has 3 rings (SSSR count). The van der Waals surface area contributed by atoms with Gasteiger partial charge in [-0.3, -0.25) is 4.79 Å². The first-order chi connectivity index (χ1) is 15.1.